The van der Waals surface area contributed by atoms with Gasteiger partial charge in [-0.05, 0) is 65.6 Å². The molecule has 0 saturated heterocycles. The van der Waals surface area contributed by atoms with E-state index < -0.39 is 5.66 Å². The van der Waals surface area contributed by atoms with Crippen LogP contribution in [0.3, 0.4) is 0 Å². The highest BCUT2D eigenvalue weighted by Crippen LogP contribution is 2.59. The van der Waals surface area contributed by atoms with Crippen LogP contribution in [0.1, 0.15) is 61.0 Å². The first-order valence-electron chi connectivity index (χ1n) is 7.72. The Morgan fingerprint density at radius 1 is 1.19 bits per heavy atom. The van der Waals surface area contributed by atoms with Crippen LogP contribution in [0.25, 0.3) is 0 Å². The highest BCUT2D eigenvalue weighted by molar-refractivity contribution is 9.10. The Kier molecular flexibility index (Phi) is 2.72. The van der Waals surface area contributed by atoms with Gasteiger partial charge in [0.25, 0.3) is 11.5 Å². The third kappa shape index (κ3) is 1.73. The van der Waals surface area contributed by atoms with E-state index >= 15 is 0 Å². The molecule has 0 aromatic carbocycles. The van der Waals surface area contributed by atoms with Gasteiger partial charge in [0.15, 0.2) is 0 Å². The Morgan fingerprint density at radius 3 is 2.52 bits per heavy atom. The fourth-order valence-electron chi connectivity index (χ4n) is 4.81. The fraction of sp³-hybridized carbons (Fsp3) is 0.625. The number of nitrogens with zero attached hydrogens (tertiary/aromatic N) is 1. The zero-order valence-electron chi connectivity index (χ0n) is 12.2. The van der Waals surface area contributed by atoms with Crippen molar-refractivity contribution in [1.82, 2.24) is 9.88 Å². The van der Waals surface area contributed by atoms with Crippen molar-refractivity contribution in [3.63, 3.8) is 0 Å². The number of aryl methyl sites for hydroxylation is 1. The molecule has 1 N–H and O–H groups in total. The van der Waals surface area contributed by atoms with Crippen LogP contribution in [0.15, 0.2) is 15.3 Å². The van der Waals surface area contributed by atoms with Gasteiger partial charge in [0.05, 0.1) is 4.47 Å². The van der Waals surface area contributed by atoms with Crippen molar-refractivity contribution in [2.45, 2.75) is 57.5 Å². The molecule has 1 aromatic rings. The van der Waals surface area contributed by atoms with E-state index in [9.17, 15) is 9.59 Å². The number of aromatic nitrogens is 1. The first kappa shape index (κ1) is 13.6. The fourth-order valence-corrected chi connectivity index (χ4v) is 5.33. The Balaban J connectivity index is 1.80. The molecule has 21 heavy (non-hydrogen) atoms. The summed E-state index contributed by atoms with van der Waals surface area (Å²) in [6.07, 6.45) is 8.18. The van der Waals surface area contributed by atoms with Gasteiger partial charge in [-0.2, -0.15) is 0 Å². The summed E-state index contributed by atoms with van der Waals surface area (Å²) >= 11 is 3.34. The van der Waals surface area contributed by atoms with Crippen molar-refractivity contribution in [2.24, 2.45) is 5.41 Å². The van der Waals surface area contributed by atoms with Crippen LogP contribution >= 0.6 is 15.9 Å². The largest absolute Gasteiger partial charge is 0.327 e. The minimum absolute atomic E-state index is 0.0837. The van der Waals surface area contributed by atoms with Crippen LogP contribution in [-0.4, -0.2) is 10.5 Å². The van der Waals surface area contributed by atoms with Gasteiger partial charge in [-0.25, -0.2) is 0 Å². The van der Waals surface area contributed by atoms with Crippen LogP contribution in [0.2, 0.25) is 0 Å². The van der Waals surface area contributed by atoms with E-state index in [2.05, 4.69) is 21.2 Å². The van der Waals surface area contributed by atoms with Crippen LogP contribution in [0, 0.1) is 12.3 Å². The summed E-state index contributed by atoms with van der Waals surface area (Å²) in [5.41, 5.74) is 1.21. The molecular formula is C16H19BrN2O2. The molecule has 2 saturated carbocycles. The number of rotatable bonds is 0. The Labute approximate surface area is 132 Å². The molecule has 0 bridgehead atoms. The topological polar surface area (TPSA) is 51.1 Å². The molecule has 5 heteroatoms. The number of nitrogens with one attached hydrogen (secondary N) is 1. The quantitative estimate of drug-likeness (QED) is 0.781. The maximum atomic E-state index is 12.6. The first-order valence-corrected chi connectivity index (χ1v) is 8.51. The molecule has 4 rings (SSSR count). The second kappa shape index (κ2) is 4.22. The van der Waals surface area contributed by atoms with Crippen LogP contribution in [0.5, 0.6) is 0 Å². The molecule has 4 nitrogen and oxygen atoms in total. The predicted molar refractivity (Wildman–Crippen MR) is 83.3 cm³/mol. The molecule has 3 aliphatic rings. The maximum Gasteiger partial charge on any atom is 0.270 e. The van der Waals surface area contributed by atoms with E-state index in [1.807, 2.05) is 6.92 Å². The summed E-state index contributed by atoms with van der Waals surface area (Å²) in [7, 11) is 0. The third-order valence-electron chi connectivity index (χ3n) is 5.59. The van der Waals surface area contributed by atoms with Crippen molar-refractivity contribution >= 4 is 21.8 Å². The number of pyridine rings is 1. The Hall–Kier alpha value is -1.10. The normalized spacial score (nSPS) is 24.8. The maximum absolute atomic E-state index is 12.6. The minimum Gasteiger partial charge on any atom is -0.327 e. The van der Waals surface area contributed by atoms with Crippen molar-refractivity contribution in [3.05, 3.63) is 32.2 Å². The smallest absolute Gasteiger partial charge is 0.270 e. The van der Waals surface area contributed by atoms with Gasteiger partial charge in [-0.3, -0.25) is 14.2 Å². The summed E-state index contributed by atoms with van der Waals surface area (Å²) in [6.45, 7) is 1.89. The summed E-state index contributed by atoms with van der Waals surface area (Å²) in [6, 6.07) is 1.75. The lowest BCUT2D eigenvalue weighted by Gasteiger charge is -2.56. The summed E-state index contributed by atoms with van der Waals surface area (Å²) in [4.78, 5) is 24.9. The lowest BCUT2D eigenvalue weighted by atomic mass is 9.55. The predicted octanol–water partition coefficient (Wildman–Crippen LogP) is 3.06. The zero-order chi connectivity index (χ0) is 14.8. The van der Waals surface area contributed by atoms with Crippen molar-refractivity contribution in [2.75, 3.05) is 0 Å². The average Bonchev–Trinajstić information content (AvgIpc) is 2.70. The van der Waals surface area contributed by atoms with Crippen LogP contribution < -0.4 is 10.9 Å². The van der Waals surface area contributed by atoms with Gasteiger partial charge in [-0.1, -0.05) is 19.3 Å². The molecule has 2 spiro atoms. The highest BCUT2D eigenvalue weighted by Gasteiger charge is 2.60. The SMILES string of the molecule is Cc1cc(Br)c(=O)n2c1C(=O)NC21CC2(CCCCC2)C1. The molecule has 2 fully saturated rings. The van der Waals surface area contributed by atoms with Gasteiger partial charge in [0, 0.05) is 0 Å². The average molecular weight is 351 g/mol. The van der Waals surface area contributed by atoms with Crippen molar-refractivity contribution in [3.8, 4) is 0 Å². The van der Waals surface area contributed by atoms with E-state index in [-0.39, 0.29) is 11.5 Å². The number of carbonyl (C=O) groups excluding carboxylic acids is 1. The molecule has 112 valence electrons. The summed E-state index contributed by atoms with van der Waals surface area (Å²) < 4.78 is 2.28. The second-order valence-electron chi connectivity index (χ2n) is 7.06. The van der Waals surface area contributed by atoms with Crippen LogP contribution in [-0.2, 0) is 5.66 Å². The molecule has 2 aliphatic carbocycles. The van der Waals surface area contributed by atoms with Crippen molar-refractivity contribution in [1.29, 1.82) is 0 Å². The molecule has 2 heterocycles. The third-order valence-corrected chi connectivity index (χ3v) is 6.15. The molecule has 1 amide bonds. The van der Waals surface area contributed by atoms with E-state index in [0.717, 1.165) is 18.4 Å². The van der Waals surface area contributed by atoms with Gasteiger partial charge < -0.3 is 5.32 Å². The number of hydrogen-bond acceptors (Lipinski definition) is 2. The number of amides is 1. The van der Waals surface area contributed by atoms with Gasteiger partial charge in [0.2, 0.25) is 0 Å². The monoisotopic (exact) mass is 350 g/mol. The van der Waals surface area contributed by atoms with Crippen molar-refractivity contribution < 1.29 is 4.79 Å². The number of fused-ring (bicyclic) bond motifs is 2. The second-order valence-corrected chi connectivity index (χ2v) is 7.92. The zero-order valence-corrected chi connectivity index (χ0v) is 13.8. The molecule has 1 aromatic heterocycles. The number of carbonyl (C=O) groups is 1. The molecule has 0 unspecified atom stereocenters. The van der Waals surface area contributed by atoms with Gasteiger partial charge >= 0.3 is 0 Å². The van der Waals surface area contributed by atoms with E-state index in [1.54, 1.807) is 10.6 Å². The highest BCUT2D eigenvalue weighted by atomic mass is 79.9. The lowest BCUT2D eigenvalue weighted by molar-refractivity contribution is -0.0647. The minimum atomic E-state index is -0.463. The molecule has 0 atom stereocenters. The molecule has 0 radical (unpaired) electrons. The Morgan fingerprint density at radius 2 is 1.86 bits per heavy atom. The standard InChI is InChI=1S/C16H19BrN2O2/c1-10-7-11(17)14(21)19-12(10)13(20)18-16(19)8-15(9-16)5-3-2-4-6-15/h7H,2-6,8-9H2,1H3,(H,18,20). The Bertz CT molecular complexity index is 693. The number of hydrogen-bond donors (Lipinski definition) is 1. The summed E-state index contributed by atoms with van der Waals surface area (Å²) in [5, 5.41) is 3.12. The van der Waals surface area contributed by atoms with E-state index in [0.29, 0.717) is 15.6 Å². The number of halogens is 1. The van der Waals surface area contributed by atoms with Gasteiger partial charge in [0.1, 0.15) is 11.4 Å². The van der Waals surface area contributed by atoms with E-state index in [4.69, 9.17) is 0 Å². The molecule has 1 aliphatic heterocycles. The van der Waals surface area contributed by atoms with E-state index in [1.165, 1.54) is 32.1 Å². The summed E-state index contributed by atoms with van der Waals surface area (Å²) in [5.74, 6) is -0.0947. The van der Waals surface area contributed by atoms with Gasteiger partial charge in [-0.15, -0.1) is 0 Å². The first-order chi connectivity index (χ1) is 9.96. The lowest BCUT2D eigenvalue weighted by Crippen LogP contribution is -2.61. The molecular weight excluding hydrogens is 332 g/mol. The van der Waals surface area contributed by atoms with Crippen LogP contribution in [0.4, 0.5) is 0 Å².